The molecule has 3 aromatic carbocycles. The fraction of sp³-hybridized carbons (Fsp3) is 0.424. The molecule has 3 aliphatic rings. The van der Waals surface area contributed by atoms with E-state index in [-0.39, 0.29) is 22.6 Å². The third kappa shape index (κ3) is 5.17. The molecule has 1 saturated heterocycles. The van der Waals surface area contributed by atoms with Gasteiger partial charge in [-0.2, -0.15) is 0 Å². The fourth-order valence-corrected chi connectivity index (χ4v) is 8.35. The van der Waals surface area contributed by atoms with Gasteiger partial charge in [-0.3, -0.25) is 4.79 Å². The molecule has 4 atom stereocenters. The van der Waals surface area contributed by atoms with Gasteiger partial charge in [0.05, 0.1) is 22.2 Å². The van der Waals surface area contributed by atoms with Crippen LogP contribution in [0.4, 0.5) is 0 Å². The normalized spacial score (nSPS) is 26.3. The zero-order valence-corrected chi connectivity index (χ0v) is 24.6. The first kappa shape index (κ1) is 27.9. The fourth-order valence-electron chi connectivity index (χ4n) is 6.57. The predicted molar refractivity (Wildman–Crippen MR) is 158 cm³/mol. The second kappa shape index (κ2) is 10.3. The second-order valence-electron chi connectivity index (χ2n) is 12.3. The summed E-state index contributed by atoms with van der Waals surface area (Å²) in [7, 11) is -3.66. The largest absolute Gasteiger partial charge is 0.485 e. The number of aliphatic hydroxyl groups is 1. The molecule has 1 aliphatic carbocycles. The third-order valence-corrected chi connectivity index (χ3v) is 10.9. The van der Waals surface area contributed by atoms with Crippen molar-refractivity contribution >= 4 is 15.7 Å². The Balaban J connectivity index is 1.31. The highest BCUT2D eigenvalue weighted by Gasteiger charge is 2.60. The molecule has 1 unspecified atom stereocenters. The van der Waals surface area contributed by atoms with Crippen LogP contribution >= 0.6 is 0 Å². The Morgan fingerprint density at radius 1 is 1.07 bits per heavy atom. The van der Waals surface area contributed by atoms with E-state index in [1.165, 1.54) is 5.56 Å². The molecule has 0 spiro atoms. The molecule has 0 saturated carbocycles. The van der Waals surface area contributed by atoms with Gasteiger partial charge in [0.1, 0.15) is 17.5 Å². The van der Waals surface area contributed by atoms with Crippen molar-refractivity contribution in [2.45, 2.75) is 80.6 Å². The van der Waals surface area contributed by atoms with Gasteiger partial charge < -0.3 is 20.5 Å². The highest BCUT2D eigenvalue weighted by Crippen LogP contribution is 2.50. The van der Waals surface area contributed by atoms with Crippen LogP contribution in [-0.2, 0) is 22.7 Å². The predicted octanol–water partition coefficient (Wildman–Crippen LogP) is 4.49. The summed E-state index contributed by atoms with van der Waals surface area (Å²) in [5, 5.41) is 18.1. The number of benzene rings is 3. The van der Waals surface area contributed by atoms with E-state index in [4.69, 9.17) is 4.74 Å². The number of hydrogen-bond donors (Lipinski definition) is 3. The van der Waals surface area contributed by atoms with Crippen LogP contribution in [0.15, 0.2) is 71.6 Å². The van der Waals surface area contributed by atoms with Crippen molar-refractivity contribution in [3.63, 3.8) is 0 Å². The van der Waals surface area contributed by atoms with Crippen LogP contribution in [0.25, 0.3) is 0 Å². The van der Waals surface area contributed by atoms with Crippen molar-refractivity contribution in [2.75, 3.05) is 12.3 Å². The number of aryl methyl sites for hydroxylation is 2. The number of carbonyl (C=O) groups is 1. The zero-order chi connectivity index (χ0) is 29.0. The summed E-state index contributed by atoms with van der Waals surface area (Å²) in [5.74, 6) is -0.399. The Kier molecular flexibility index (Phi) is 6.99. The van der Waals surface area contributed by atoms with Gasteiger partial charge >= 0.3 is 0 Å². The Bertz CT molecular complexity index is 1580. The van der Waals surface area contributed by atoms with Gasteiger partial charge in [0.2, 0.25) is 0 Å². The minimum absolute atomic E-state index is 0.0688. The molecule has 1 fully saturated rings. The number of fused-ring (bicyclic) bond motifs is 2. The first-order valence-corrected chi connectivity index (χ1v) is 16.1. The summed E-state index contributed by atoms with van der Waals surface area (Å²) in [4.78, 5) is 13.8. The maximum Gasteiger partial charge on any atom is 0.251 e. The first-order chi connectivity index (χ1) is 19.5. The van der Waals surface area contributed by atoms with E-state index in [1.54, 1.807) is 30.3 Å². The monoisotopic (exact) mass is 574 g/mol. The van der Waals surface area contributed by atoms with Crippen molar-refractivity contribution in [1.29, 1.82) is 0 Å². The van der Waals surface area contributed by atoms with E-state index >= 15 is 0 Å². The average Bonchev–Trinajstić information content (AvgIpc) is 3.72. The molecule has 3 aromatic rings. The standard InChI is InChI=1S/C33H38N2O5S/c1-4-21-12-15-24(16-13-21)41(38,39)20-33(19-34-33)29-26-18-23(14-17-28(26)40-32(2,3)30(29)36)31(37)35-27-11-7-9-22-8-5-6-10-25(22)27/h5-6,8,10,12-18,27,29-30,34,36H,4,7,9,11,19-20H2,1-3H3,(H,35,37)/t27?,29-,30+,33+/m1/s1. The second-order valence-corrected chi connectivity index (χ2v) is 14.3. The summed E-state index contributed by atoms with van der Waals surface area (Å²) >= 11 is 0. The molecule has 216 valence electrons. The number of ether oxygens (including phenoxy) is 1. The maximum atomic E-state index is 13.6. The first-order valence-electron chi connectivity index (χ1n) is 14.5. The molecular formula is C33H38N2O5S. The number of amides is 1. The minimum Gasteiger partial charge on any atom is -0.485 e. The van der Waals surface area contributed by atoms with Crippen LogP contribution in [-0.4, -0.2) is 49.0 Å². The molecule has 6 rings (SSSR count). The Morgan fingerprint density at radius 2 is 1.80 bits per heavy atom. The van der Waals surface area contributed by atoms with Crippen LogP contribution in [0.5, 0.6) is 5.75 Å². The molecule has 2 heterocycles. The molecule has 3 N–H and O–H groups in total. The summed E-state index contributed by atoms with van der Waals surface area (Å²) in [6.07, 6.45) is 2.72. The minimum atomic E-state index is -3.66. The molecule has 7 nitrogen and oxygen atoms in total. The van der Waals surface area contributed by atoms with Crippen LogP contribution in [0, 0.1) is 0 Å². The Morgan fingerprint density at radius 3 is 2.51 bits per heavy atom. The van der Waals surface area contributed by atoms with Crippen LogP contribution in [0.1, 0.15) is 78.2 Å². The van der Waals surface area contributed by atoms with E-state index in [0.717, 1.165) is 36.8 Å². The van der Waals surface area contributed by atoms with E-state index in [9.17, 15) is 18.3 Å². The van der Waals surface area contributed by atoms with Crippen molar-refractivity contribution in [1.82, 2.24) is 10.6 Å². The lowest BCUT2D eigenvalue weighted by atomic mass is 9.74. The van der Waals surface area contributed by atoms with Gasteiger partial charge in [0.15, 0.2) is 9.84 Å². The van der Waals surface area contributed by atoms with Crippen molar-refractivity contribution < 1.29 is 23.1 Å². The molecule has 41 heavy (non-hydrogen) atoms. The lowest BCUT2D eigenvalue weighted by Crippen LogP contribution is -2.54. The molecule has 0 aromatic heterocycles. The summed E-state index contributed by atoms with van der Waals surface area (Å²) < 4.78 is 33.4. The zero-order valence-electron chi connectivity index (χ0n) is 23.8. The number of rotatable bonds is 7. The van der Waals surface area contributed by atoms with Crippen molar-refractivity contribution in [3.8, 4) is 5.75 Å². The van der Waals surface area contributed by atoms with Gasteiger partial charge in [-0.1, -0.05) is 43.3 Å². The van der Waals surface area contributed by atoms with Gasteiger partial charge in [0, 0.05) is 23.6 Å². The quantitative estimate of drug-likeness (QED) is 0.359. The van der Waals surface area contributed by atoms with E-state index in [0.29, 0.717) is 23.4 Å². The molecule has 0 bridgehead atoms. The van der Waals surface area contributed by atoms with Gasteiger partial charge in [-0.25, -0.2) is 8.42 Å². The van der Waals surface area contributed by atoms with Crippen LogP contribution in [0.3, 0.4) is 0 Å². The highest BCUT2D eigenvalue weighted by atomic mass is 32.2. The summed E-state index contributed by atoms with van der Waals surface area (Å²) in [5.41, 5.74) is 2.77. The van der Waals surface area contributed by atoms with Gasteiger partial charge in [0.25, 0.3) is 5.91 Å². The lowest BCUT2D eigenvalue weighted by molar-refractivity contribution is -0.0639. The van der Waals surface area contributed by atoms with Crippen molar-refractivity contribution in [3.05, 3.63) is 94.5 Å². The van der Waals surface area contributed by atoms with E-state index < -0.39 is 33.0 Å². The molecule has 0 radical (unpaired) electrons. The topological polar surface area (TPSA) is 115 Å². The molecule has 2 aliphatic heterocycles. The number of carbonyl (C=O) groups excluding carboxylic acids is 1. The third-order valence-electron chi connectivity index (χ3n) is 9.05. The maximum absolute atomic E-state index is 13.6. The smallest absolute Gasteiger partial charge is 0.251 e. The van der Waals surface area contributed by atoms with Crippen molar-refractivity contribution in [2.24, 2.45) is 0 Å². The molecule has 1 amide bonds. The number of hydrogen-bond acceptors (Lipinski definition) is 6. The average molecular weight is 575 g/mol. The lowest BCUT2D eigenvalue weighted by Gasteiger charge is -2.45. The summed E-state index contributed by atoms with van der Waals surface area (Å²) in [6, 6.07) is 20.5. The number of sulfone groups is 1. The summed E-state index contributed by atoms with van der Waals surface area (Å²) in [6.45, 7) is 6.08. The van der Waals surface area contributed by atoms with E-state index in [2.05, 4.69) is 22.8 Å². The van der Waals surface area contributed by atoms with Gasteiger partial charge in [-0.15, -0.1) is 0 Å². The highest BCUT2D eigenvalue weighted by molar-refractivity contribution is 7.91. The number of aliphatic hydroxyl groups excluding tert-OH is 1. The Labute approximate surface area is 242 Å². The molecule has 8 heteroatoms. The van der Waals surface area contributed by atoms with Crippen LogP contribution in [0.2, 0.25) is 0 Å². The Hall–Kier alpha value is -3.20. The van der Waals surface area contributed by atoms with Gasteiger partial charge in [-0.05, 0) is 86.6 Å². The van der Waals surface area contributed by atoms with E-state index in [1.807, 2.05) is 45.0 Å². The van der Waals surface area contributed by atoms with Crippen LogP contribution < -0.4 is 15.4 Å². The number of nitrogens with one attached hydrogen (secondary N) is 2. The SMILES string of the molecule is CCc1ccc(S(=O)(=O)C[C@]2([C@@H]3c4cc(C(=O)NC5CCCc6ccccc65)ccc4OC(C)(C)[C@H]3O)CN2)cc1. The molecular weight excluding hydrogens is 536 g/mol.